The van der Waals surface area contributed by atoms with Gasteiger partial charge in [0.15, 0.2) is 0 Å². The Kier molecular flexibility index (Phi) is 2.53. The highest BCUT2D eigenvalue weighted by Gasteiger charge is 2.45. The van der Waals surface area contributed by atoms with E-state index in [4.69, 9.17) is 0 Å². The van der Waals surface area contributed by atoms with Crippen LogP contribution in [0.3, 0.4) is 0 Å². The average Bonchev–Trinajstić information content (AvgIpc) is 2.96. The standard InChI is InChI=1S/C21H20/c1-14-4-7-18(8-5-14)21-11-10-16(3)20(21)13-17-12-15(2)6-9-19(17)21/h4-10,12-13H,11H2,1-3H3. The van der Waals surface area contributed by atoms with Crippen molar-refractivity contribution in [3.8, 4) is 0 Å². The lowest BCUT2D eigenvalue weighted by Crippen LogP contribution is -2.24. The van der Waals surface area contributed by atoms with Gasteiger partial charge in [-0.1, -0.05) is 65.2 Å². The molecule has 0 aliphatic heterocycles. The number of benzene rings is 2. The molecule has 2 aliphatic rings. The van der Waals surface area contributed by atoms with Crippen molar-refractivity contribution in [2.24, 2.45) is 0 Å². The molecule has 0 amide bonds. The van der Waals surface area contributed by atoms with Crippen molar-refractivity contribution in [3.05, 3.63) is 87.5 Å². The second-order valence-corrected chi connectivity index (χ2v) is 6.51. The maximum Gasteiger partial charge on any atom is 0.0494 e. The van der Waals surface area contributed by atoms with Crippen molar-refractivity contribution in [3.63, 3.8) is 0 Å². The number of hydrogen-bond acceptors (Lipinski definition) is 0. The van der Waals surface area contributed by atoms with Gasteiger partial charge in [-0.2, -0.15) is 0 Å². The fraction of sp³-hybridized carbons (Fsp3) is 0.238. The lowest BCUT2D eigenvalue weighted by Gasteiger charge is -2.30. The monoisotopic (exact) mass is 272 g/mol. The maximum absolute atomic E-state index is 2.40. The summed E-state index contributed by atoms with van der Waals surface area (Å²) in [5.74, 6) is 0. The van der Waals surface area contributed by atoms with E-state index in [9.17, 15) is 0 Å². The summed E-state index contributed by atoms with van der Waals surface area (Å²) < 4.78 is 0. The molecule has 4 rings (SSSR count). The zero-order valence-electron chi connectivity index (χ0n) is 12.9. The van der Waals surface area contributed by atoms with E-state index in [-0.39, 0.29) is 5.41 Å². The summed E-state index contributed by atoms with van der Waals surface area (Å²) in [6, 6.07) is 16.0. The predicted octanol–water partition coefficient (Wildman–Crippen LogP) is 5.34. The maximum atomic E-state index is 2.40. The first-order valence-electron chi connectivity index (χ1n) is 7.69. The van der Waals surface area contributed by atoms with Crippen molar-refractivity contribution in [1.29, 1.82) is 0 Å². The molecule has 0 spiro atoms. The molecule has 0 nitrogen and oxygen atoms in total. The zero-order valence-corrected chi connectivity index (χ0v) is 12.9. The topological polar surface area (TPSA) is 0 Å². The van der Waals surface area contributed by atoms with Gasteiger partial charge in [-0.3, -0.25) is 0 Å². The minimum absolute atomic E-state index is 0.0564. The Bertz CT molecular complexity index is 787. The van der Waals surface area contributed by atoms with Gasteiger partial charge in [0.1, 0.15) is 0 Å². The second-order valence-electron chi connectivity index (χ2n) is 6.51. The minimum Gasteiger partial charge on any atom is -0.0797 e. The summed E-state index contributed by atoms with van der Waals surface area (Å²) in [6.07, 6.45) is 5.89. The number of allylic oxidation sites excluding steroid dienone is 3. The molecule has 0 saturated carbocycles. The molecule has 0 fully saturated rings. The van der Waals surface area contributed by atoms with Crippen LogP contribution in [0.4, 0.5) is 0 Å². The molecule has 2 aromatic carbocycles. The van der Waals surface area contributed by atoms with E-state index in [1.165, 1.54) is 39.0 Å². The Hall–Kier alpha value is -2.08. The molecule has 21 heavy (non-hydrogen) atoms. The van der Waals surface area contributed by atoms with Crippen LogP contribution in [-0.2, 0) is 5.41 Å². The van der Waals surface area contributed by atoms with Crippen molar-refractivity contribution in [2.75, 3.05) is 0 Å². The fourth-order valence-corrected chi connectivity index (χ4v) is 3.97. The van der Waals surface area contributed by atoms with E-state index in [1.807, 2.05) is 0 Å². The van der Waals surface area contributed by atoms with Crippen LogP contribution in [0.15, 0.2) is 59.7 Å². The predicted molar refractivity (Wildman–Crippen MR) is 89.5 cm³/mol. The molecule has 0 bridgehead atoms. The van der Waals surface area contributed by atoms with Crippen molar-refractivity contribution < 1.29 is 0 Å². The molecule has 1 unspecified atom stereocenters. The summed E-state index contributed by atoms with van der Waals surface area (Å²) in [4.78, 5) is 0. The summed E-state index contributed by atoms with van der Waals surface area (Å²) >= 11 is 0. The molecule has 0 saturated heterocycles. The lowest BCUT2D eigenvalue weighted by molar-refractivity contribution is 0.661. The van der Waals surface area contributed by atoms with E-state index >= 15 is 0 Å². The van der Waals surface area contributed by atoms with Crippen LogP contribution < -0.4 is 0 Å². The summed E-state index contributed by atoms with van der Waals surface area (Å²) in [6.45, 7) is 6.58. The van der Waals surface area contributed by atoms with Gasteiger partial charge < -0.3 is 0 Å². The molecule has 104 valence electrons. The fourth-order valence-electron chi connectivity index (χ4n) is 3.97. The molecule has 1 atom stereocenters. The molecule has 0 N–H and O–H groups in total. The molecule has 0 aromatic heterocycles. The molecule has 2 aromatic rings. The quantitative estimate of drug-likeness (QED) is 0.657. The number of hydrogen-bond donors (Lipinski definition) is 0. The summed E-state index contributed by atoms with van der Waals surface area (Å²) in [5.41, 5.74) is 9.95. The summed E-state index contributed by atoms with van der Waals surface area (Å²) in [5, 5.41) is 0. The van der Waals surface area contributed by atoms with E-state index < -0.39 is 0 Å². The van der Waals surface area contributed by atoms with Crippen LogP contribution in [0.25, 0.3) is 6.08 Å². The van der Waals surface area contributed by atoms with E-state index in [2.05, 4.69) is 75.4 Å². The first-order chi connectivity index (χ1) is 10.1. The molecule has 0 radical (unpaired) electrons. The van der Waals surface area contributed by atoms with E-state index in [0.29, 0.717) is 0 Å². The Balaban J connectivity index is 1.99. The largest absolute Gasteiger partial charge is 0.0797 e. The molecular weight excluding hydrogens is 252 g/mol. The van der Waals surface area contributed by atoms with Gasteiger partial charge in [-0.25, -0.2) is 0 Å². The van der Waals surface area contributed by atoms with Crippen molar-refractivity contribution >= 4 is 6.08 Å². The van der Waals surface area contributed by atoms with Crippen LogP contribution in [0.5, 0.6) is 0 Å². The second kappa shape index (κ2) is 4.21. The number of fused-ring (bicyclic) bond motifs is 3. The van der Waals surface area contributed by atoms with Crippen LogP contribution in [0.1, 0.15) is 41.2 Å². The lowest BCUT2D eigenvalue weighted by atomic mass is 9.71. The van der Waals surface area contributed by atoms with E-state index in [1.54, 1.807) is 0 Å². The molecule has 0 heteroatoms. The highest BCUT2D eigenvalue weighted by molar-refractivity contribution is 5.79. The van der Waals surface area contributed by atoms with Crippen molar-refractivity contribution in [1.82, 2.24) is 0 Å². The van der Waals surface area contributed by atoms with Crippen LogP contribution in [0, 0.1) is 13.8 Å². The minimum atomic E-state index is 0.0564. The van der Waals surface area contributed by atoms with Gasteiger partial charge in [0.25, 0.3) is 0 Å². The Labute approximate surface area is 126 Å². The van der Waals surface area contributed by atoms with Gasteiger partial charge in [0.05, 0.1) is 0 Å². The third kappa shape index (κ3) is 1.62. The van der Waals surface area contributed by atoms with Crippen LogP contribution >= 0.6 is 0 Å². The van der Waals surface area contributed by atoms with Gasteiger partial charge in [-0.15, -0.1) is 0 Å². The summed E-state index contributed by atoms with van der Waals surface area (Å²) in [7, 11) is 0. The first kappa shape index (κ1) is 12.6. The first-order valence-corrected chi connectivity index (χ1v) is 7.69. The smallest absolute Gasteiger partial charge is 0.0494 e. The SMILES string of the molecule is CC1=CCC2(c3ccc(C)cc3)C1=Cc1cc(C)ccc12. The number of aryl methyl sites for hydroxylation is 2. The normalized spacial score (nSPS) is 22.6. The third-order valence-corrected chi connectivity index (χ3v) is 5.11. The Morgan fingerprint density at radius 1 is 0.857 bits per heavy atom. The van der Waals surface area contributed by atoms with Gasteiger partial charge in [0, 0.05) is 5.41 Å². The van der Waals surface area contributed by atoms with Gasteiger partial charge in [-0.05, 0) is 55.5 Å². The number of rotatable bonds is 1. The highest BCUT2D eigenvalue weighted by Crippen LogP contribution is 2.55. The average molecular weight is 272 g/mol. The zero-order chi connectivity index (χ0) is 14.6. The van der Waals surface area contributed by atoms with Crippen LogP contribution in [-0.4, -0.2) is 0 Å². The van der Waals surface area contributed by atoms with E-state index in [0.717, 1.165) is 6.42 Å². The van der Waals surface area contributed by atoms with Gasteiger partial charge >= 0.3 is 0 Å². The third-order valence-electron chi connectivity index (χ3n) is 5.11. The highest BCUT2D eigenvalue weighted by atomic mass is 14.5. The van der Waals surface area contributed by atoms with Crippen LogP contribution in [0.2, 0.25) is 0 Å². The van der Waals surface area contributed by atoms with Crippen molar-refractivity contribution in [2.45, 2.75) is 32.6 Å². The Morgan fingerprint density at radius 3 is 2.33 bits per heavy atom. The molecular formula is C21H20. The Morgan fingerprint density at radius 2 is 1.57 bits per heavy atom. The molecule has 2 aliphatic carbocycles. The van der Waals surface area contributed by atoms with Gasteiger partial charge in [0.2, 0.25) is 0 Å². The molecule has 0 heterocycles.